The fourth-order valence-electron chi connectivity index (χ4n) is 5.56. The predicted molar refractivity (Wildman–Crippen MR) is 172 cm³/mol. The van der Waals surface area contributed by atoms with Crippen molar-refractivity contribution in [3.8, 4) is 22.3 Å². The van der Waals surface area contributed by atoms with Gasteiger partial charge in [-0.2, -0.15) is 5.10 Å². The van der Waals surface area contributed by atoms with E-state index >= 15 is 0 Å². The van der Waals surface area contributed by atoms with Crippen molar-refractivity contribution < 1.29 is 0 Å². The van der Waals surface area contributed by atoms with E-state index < -0.39 is 0 Å². The summed E-state index contributed by atoms with van der Waals surface area (Å²) < 4.78 is 0. The maximum atomic E-state index is 8.60. The van der Waals surface area contributed by atoms with Crippen LogP contribution in [0.3, 0.4) is 0 Å². The van der Waals surface area contributed by atoms with E-state index in [0.29, 0.717) is 11.4 Å². The van der Waals surface area contributed by atoms with E-state index in [9.17, 15) is 0 Å². The van der Waals surface area contributed by atoms with Crippen molar-refractivity contribution in [2.75, 3.05) is 5.43 Å². The molecule has 4 nitrogen and oxygen atoms in total. The summed E-state index contributed by atoms with van der Waals surface area (Å²) in [4.78, 5) is 4.23. The molecule has 0 aliphatic heterocycles. The highest BCUT2D eigenvalue weighted by atomic mass is 15.3. The van der Waals surface area contributed by atoms with Gasteiger partial charge in [-0.25, -0.2) is 0 Å². The van der Waals surface area contributed by atoms with E-state index in [0.717, 1.165) is 28.0 Å². The molecule has 0 saturated carbocycles. The van der Waals surface area contributed by atoms with Crippen LogP contribution in [-0.4, -0.2) is 16.4 Å². The lowest BCUT2D eigenvalue weighted by molar-refractivity contribution is 1.32. The van der Waals surface area contributed by atoms with Gasteiger partial charge in [0, 0.05) is 18.0 Å². The number of hydrazone groups is 1. The molecule has 194 valence electrons. The summed E-state index contributed by atoms with van der Waals surface area (Å²) in [5.41, 5.74) is 11.7. The molecule has 2 N–H and O–H groups in total. The Morgan fingerprint density at radius 2 is 1.22 bits per heavy atom. The van der Waals surface area contributed by atoms with Crippen LogP contribution in [0.4, 0.5) is 5.69 Å². The van der Waals surface area contributed by atoms with Crippen LogP contribution >= 0.6 is 0 Å². The van der Waals surface area contributed by atoms with Crippen molar-refractivity contribution in [2.45, 2.75) is 0 Å². The topological polar surface area (TPSA) is 61.1 Å². The number of rotatable bonds is 5. The van der Waals surface area contributed by atoms with Crippen LogP contribution in [0.1, 0.15) is 5.56 Å². The standard InChI is InChI=1S/C37H26N4/c38-34-20-19-27(23-35(34)41-40-29-14-8-12-26(22-29)28-13-9-21-39-24-28)37-32-17-6-4-15-30(32)36(25-10-2-1-3-11-25)31-16-5-7-18-33(31)37/h1-24,38,40H/b38-34?,41-35-. The predicted octanol–water partition coefficient (Wildman–Crippen LogP) is 9.16. The Hall–Kier alpha value is -5.61. The van der Waals surface area contributed by atoms with Crippen molar-refractivity contribution in [1.82, 2.24) is 4.98 Å². The minimum absolute atomic E-state index is 0.360. The lowest BCUT2D eigenvalue weighted by Crippen LogP contribution is -2.14. The molecule has 6 aromatic rings. The van der Waals surface area contributed by atoms with Gasteiger partial charge in [0.1, 0.15) is 5.71 Å². The molecule has 41 heavy (non-hydrogen) atoms. The van der Waals surface area contributed by atoms with Crippen molar-refractivity contribution in [2.24, 2.45) is 5.10 Å². The third-order valence-electron chi connectivity index (χ3n) is 7.44. The van der Waals surface area contributed by atoms with Crippen molar-refractivity contribution in [1.29, 1.82) is 5.41 Å². The number of pyridine rings is 1. The van der Waals surface area contributed by atoms with Gasteiger partial charge in [0.2, 0.25) is 0 Å². The Morgan fingerprint density at radius 3 is 1.90 bits per heavy atom. The second-order valence-corrected chi connectivity index (χ2v) is 9.99. The second kappa shape index (κ2) is 10.5. The molecule has 5 aromatic carbocycles. The van der Waals surface area contributed by atoms with Crippen LogP contribution < -0.4 is 5.43 Å². The maximum absolute atomic E-state index is 8.60. The third-order valence-corrected chi connectivity index (χ3v) is 7.44. The molecule has 0 spiro atoms. The van der Waals surface area contributed by atoms with Crippen molar-refractivity contribution >= 4 is 44.2 Å². The first-order valence-corrected chi connectivity index (χ1v) is 13.6. The highest BCUT2D eigenvalue weighted by molar-refractivity contribution is 6.52. The van der Waals surface area contributed by atoms with E-state index in [-0.39, 0.29) is 0 Å². The largest absolute Gasteiger partial charge is 0.299 e. The lowest BCUT2D eigenvalue weighted by atomic mass is 9.84. The highest BCUT2D eigenvalue weighted by Gasteiger charge is 2.19. The average Bonchev–Trinajstić information content (AvgIpc) is 3.04. The molecule has 7 rings (SSSR count). The minimum atomic E-state index is 0.360. The Labute approximate surface area is 238 Å². The molecule has 1 heterocycles. The van der Waals surface area contributed by atoms with Gasteiger partial charge in [0.25, 0.3) is 0 Å². The van der Waals surface area contributed by atoms with Crippen LogP contribution in [0.2, 0.25) is 0 Å². The Balaban J connectivity index is 1.34. The maximum Gasteiger partial charge on any atom is 0.109 e. The highest BCUT2D eigenvalue weighted by Crippen LogP contribution is 2.42. The molecule has 0 saturated heterocycles. The fraction of sp³-hybridized carbons (Fsp3) is 0. The molecule has 0 amide bonds. The Bertz CT molecular complexity index is 1960. The monoisotopic (exact) mass is 526 g/mol. The van der Waals surface area contributed by atoms with Gasteiger partial charge in [-0.15, -0.1) is 0 Å². The molecule has 0 bridgehead atoms. The SMILES string of the molecule is N=C1C=CC(c2c3ccccc3c(-c3ccccc3)c3ccccc23)=C/C1=N/Nc1cccc(-c2cccnc2)c1. The van der Waals surface area contributed by atoms with Gasteiger partial charge in [0.15, 0.2) is 0 Å². The summed E-state index contributed by atoms with van der Waals surface area (Å²) in [6, 6.07) is 39.8. The molecule has 1 aliphatic rings. The van der Waals surface area contributed by atoms with Crippen molar-refractivity contribution in [3.63, 3.8) is 0 Å². The van der Waals surface area contributed by atoms with Crippen LogP contribution in [0.15, 0.2) is 151 Å². The first-order chi connectivity index (χ1) is 20.3. The van der Waals surface area contributed by atoms with E-state index in [2.05, 4.69) is 94.4 Å². The molecular formula is C37H26N4. The average molecular weight is 527 g/mol. The first-order valence-electron chi connectivity index (χ1n) is 13.6. The zero-order valence-electron chi connectivity index (χ0n) is 22.3. The summed E-state index contributed by atoms with van der Waals surface area (Å²) >= 11 is 0. The van der Waals surface area contributed by atoms with E-state index in [1.807, 2.05) is 60.8 Å². The second-order valence-electron chi connectivity index (χ2n) is 9.99. The van der Waals surface area contributed by atoms with E-state index in [4.69, 9.17) is 5.41 Å². The number of nitrogens with zero attached hydrogens (tertiary/aromatic N) is 2. The Morgan fingerprint density at radius 1 is 0.585 bits per heavy atom. The number of aromatic nitrogens is 1. The van der Waals surface area contributed by atoms with Crippen LogP contribution in [0.25, 0.3) is 49.4 Å². The molecule has 0 unspecified atom stereocenters. The van der Waals surface area contributed by atoms with E-state index in [1.54, 1.807) is 6.20 Å². The first kappa shape index (κ1) is 24.4. The normalized spacial score (nSPS) is 14.0. The quantitative estimate of drug-likeness (QED) is 0.134. The number of hydrogen-bond donors (Lipinski definition) is 2. The molecule has 0 radical (unpaired) electrons. The number of fused-ring (bicyclic) bond motifs is 2. The minimum Gasteiger partial charge on any atom is -0.299 e. The molecule has 0 atom stereocenters. The zero-order valence-corrected chi connectivity index (χ0v) is 22.3. The lowest BCUT2D eigenvalue weighted by Gasteiger charge is -2.19. The summed E-state index contributed by atoms with van der Waals surface area (Å²) in [7, 11) is 0. The van der Waals surface area contributed by atoms with Gasteiger partial charge in [-0.1, -0.05) is 103 Å². The Kier molecular flexibility index (Phi) is 6.26. The summed E-state index contributed by atoms with van der Waals surface area (Å²) in [6.07, 6.45) is 9.48. The molecule has 4 heteroatoms. The number of anilines is 1. The van der Waals surface area contributed by atoms with Gasteiger partial charge in [-0.05, 0) is 79.7 Å². The number of allylic oxidation sites excluding steroid dienone is 4. The van der Waals surface area contributed by atoms with Gasteiger partial charge < -0.3 is 0 Å². The summed E-state index contributed by atoms with van der Waals surface area (Å²) in [5.74, 6) is 0. The summed E-state index contributed by atoms with van der Waals surface area (Å²) in [6.45, 7) is 0. The zero-order chi connectivity index (χ0) is 27.6. The number of hydrogen-bond acceptors (Lipinski definition) is 4. The number of benzene rings is 5. The van der Waals surface area contributed by atoms with E-state index in [1.165, 1.54) is 32.7 Å². The molecular weight excluding hydrogens is 500 g/mol. The van der Waals surface area contributed by atoms with Gasteiger partial charge in [0.05, 0.1) is 11.4 Å². The van der Waals surface area contributed by atoms with Crippen LogP contribution in [-0.2, 0) is 0 Å². The number of nitrogens with one attached hydrogen (secondary N) is 2. The van der Waals surface area contributed by atoms with Crippen LogP contribution in [0, 0.1) is 5.41 Å². The summed E-state index contributed by atoms with van der Waals surface area (Å²) in [5, 5.41) is 18.0. The molecule has 0 fully saturated rings. The fourth-order valence-corrected chi connectivity index (χ4v) is 5.56. The van der Waals surface area contributed by atoms with Crippen LogP contribution in [0.5, 0.6) is 0 Å². The van der Waals surface area contributed by atoms with Gasteiger partial charge >= 0.3 is 0 Å². The smallest absolute Gasteiger partial charge is 0.109 e. The van der Waals surface area contributed by atoms with Crippen molar-refractivity contribution in [3.05, 3.63) is 151 Å². The third kappa shape index (κ3) is 4.62. The molecule has 1 aromatic heterocycles. The van der Waals surface area contributed by atoms with Gasteiger partial charge in [-0.3, -0.25) is 15.8 Å². The molecule has 1 aliphatic carbocycles.